The van der Waals surface area contributed by atoms with Crippen LogP contribution in [0.5, 0.6) is 0 Å². The summed E-state index contributed by atoms with van der Waals surface area (Å²) in [4.78, 5) is 20.0. The van der Waals surface area contributed by atoms with Crippen molar-refractivity contribution in [3.8, 4) is 0 Å². The quantitative estimate of drug-likeness (QED) is 0.713. The summed E-state index contributed by atoms with van der Waals surface area (Å²) in [5, 5.41) is 3.04. The van der Waals surface area contributed by atoms with Gasteiger partial charge in [0.15, 0.2) is 0 Å². The first kappa shape index (κ1) is 20.9. The summed E-state index contributed by atoms with van der Waals surface area (Å²) in [6.07, 6.45) is 1.11. The van der Waals surface area contributed by atoms with Crippen LogP contribution in [0.15, 0.2) is 30.3 Å². The lowest BCUT2D eigenvalue weighted by atomic mass is 10.1. The number of piperidine rings is 1. The molecule has 1 aromatic carbocycles. The van der Waals surface area contributed by atoms with Crippen LogP contribution in [0.2, 0.25) is 0 Å². The van der Waals surface area contributed by atoms with Gasteiger partial charge >= 0.3 is 0 Å². The number of nitrogens with zero attached hydrogens (tertiary/aromatic N) is 2. The number of anilines is 1. The highest BCUT2D eigenvalue weighted by molar-refractivity contribution is 7.11. The molecule has 31 heavy (non-hydrogen) atoms. The van der Waals surface area contributed by atoms with Gasteiger partial charge in [0.2, 0.25) is 0 Å². The topological polar surface area (TPSA) is 44.8 Å². The van der Waals surface area contributed by atoms with Gasteiger partial charge in [0, 0.05) is 54.6 Å². The Kier molecular flexibility index (Phi) is 5.99. The molecule has 5 nitrogen and oxygen atoms in total. The van der Waals surface area contributed by atoms with Crippen molar-refractivity contribution in [3.63, 3.8) is 0 Å². The molecule has 3 fully saturated rings. The second kappa shape index (κ2) is 8.88. The number of aryl methyl sites for hydroxylation is 1. The zero-order valence-electron chi connectivity index (χ0n) is 18.0. The number of halogens is 1. The molecule has 3 heterocycles. The average molecular weight is 444 g/mol. The van der Waals surface area contributed by atoms with Gasteiger partial charge in [-0.15, -0.1) is 11.3 Å². The van der Waals surface area contributed by atoms with Crippen molar-refractivity contribution >= 4 is 22.9 Å². The van der Waals surface area contributed by atoms with E-state index in [9.17, 15) is 9.18 Å². The molecule has 1 aromatic heterocycles. The van der Waals surface area contributed by atoms with Crippen LogP contribution in [0.3, 0.4) is 0 Å². The van der Waals surface area contributed by atoms with Gasteiger partial charge in [0.25, 0.3) is 5.91 Å². The molecule has 0 bridgehead atoms. The van der Waals surface area contributed by atoms with E-state index in [2.05, 4.69) is 29.3 Å². The minimum atomic E-state index is -0.340. The summed E-state index contributed by atoms with van der Waals surface area (Å²) >= 11 is 1.92. The maximum absolute atomic E-state index is 14.6. The summed E-state index contributed by atoms with van der Waals surface area (Å²) < 4.78 is 19.9. The Morgan fingerprint density at radius 3 is 2.58 bits per heavy atom. The van der Waals surface area contributed by atoms with Crippen LogP contribution in [0, 0.1) is 23.6 Å². The molecule has 1 aliphatic carbocycles. The Bertz CT molecular complexity index is 931. The lowest BCUT2D eigenvalue weighted by molar-refractivity contribution is 0.0948. The van der Waals surface area contributed by atoms with E-state index >= 15 is 0 Å². The summed E-state index contributed by atoms with van der Waals surface area (Å²) in [5.74, 6) is 1.41. The molecule has 2 aromatic rings. The highest BCUT2D eigenvalue weighted by Crippen LogP contribution is 2.51. The normalized spacial score (nSPS) is 25.5. The Balaban J connectivity index is 1.09. The summed E-state index contributed by atoms with van der Waals surface area (Å²) in [5.41, 5.74) is 0.944. The third-order valence-electron chi connectivity index (χ3n) is 6.95. The van der Waals surface area contributed by atoms with E-state index in [1.54, 1.807) is 12.1 Å². The van der Waals surface area contributed by atoms with Gasteiger partial charge in [-0.25, -0.2) is 4.39 Å². The van der Waals surface area contributed by atoms with Gasteiger partial charge < -0.3 is 15.0 Å². The van der Waals surface area contributed by atoms with Crippen LogP contribution in [-0.2, 0) is 17.7 Å². The van der Waals surface area contributed by atoms with Gasteiger partial charge in [-0.1, -0.05) is 6.92 Å². The summed E-state index contributed by atoms with van der Waals surface area (Å²) in [7, 11) is 0. The molecule has 1 N–H and O–H groups in total. The lowest BCUT2D eigenvalue weighted by Gasteiger charge is -2.29. The number of carbonyl (C=O) groups is 1. The van der Waals surface area contributed by atoms with Gasteiger partial charge in [-0.05, 0) is 54.5 Å². The first-order chi connectivity index (χ1) is 15.1. The van der Waals surface area contributed by atoms with Gasteiger partial charge in [0.05, 0.1) is 18.9 Å². The molecule has 0 spiro atoms. The minimum absolute atomic E-state index is 0.181. The van der Waals surface area contributed by atoms with Crippen molar-refractivity contribution in [2.75, 3.05) is 50.8 Å². The van der Waals surface area contributed by atoms with E-state index in [0.29, 0.717) is 61.9 Å². The zero-order chi connectivity index (χ0) is 21.4. The summed E-state index contributed by atoms with van der Waals surface area (Å²) in [6.45, 7) is 8.74. The van der Waals surface area contributed by atoms with Crippen LogP contribution in [0.4, 0.5) is 10.1 Å². The molecular formula is C24H30FN3O2S. The van der Waals surface area contributed by atoms with Crippen LogP contribution in [0.1, 0.15) is 27.0 Å². The van der Waals surface area contributed by atoms with Gasteiger partial charge in [0.1, 0.15) is 5.82 Å². The second-order valence-corrected chi connectivity index (χ2v) is 10.1. The number of amides is 1. The smallest absolute Gasteiger partial charge is 0.251 e. The predicted octanol–water partition coefficient (Wildman–Crippen LogP) is 3.39. The number of hydrogen-bond acceptors (Lipinski definition) is 5. The molecule has 2 atom stereocenters. The van der Waals surface area contributed by atoms with E-state index in [4.69, 9.17) is 4.74 Å². The molecule has 0 radical (unpaired) electrons. The fraction of sp³-hybridized carbons (Fsp3) is 0.542. The van der Waals surface area contributed by atoms with Crippen LogP contribution in [0.25, 0.3) is 0 Å². The van der Waals surface area contributed by atoms with Gasteiger partial charge in [-0.3, -0.25) is 9.69 Å². The molecule has 1 amide bonds. The summed E-state index contributed by atoms with van der Waals surface area (Å²) in [6, 6.07) is 9.30. The van der Waals surface area contributed by atoms with Crippen molar-refractivity contribution in [1.29, 1.82) is 0 Å². The van der Waals surface area contributed by atoms with Crippen molar-refractivity contribution < 1.29 is 13.9 Å². The van der Waals surface area contributed by atoms with E-state index < -0.39 is 0 Å². The van der Waals surface area contributed by atoms with E-state index in [-0.39, 0.29) is 11.7 Å². The molecule has 2 saturated heterocycles. The number of likely N-dealkylation sites (tertiary alicyclic amines) is 1. The zero-order valence-corrected chi connectivity index (χ0v) is 18.8. The third kappa shape index (κ3) is 4.49. The standard InChI is InChI=1S/C24H30FN3O2S/c1-2-17-4-5-18(31-17)13-27-14-20-19(21(20)15-27)12-26-24(29)16-3-6-23(22(25)11-16)28-7-9-30-10-8-28/h3-6,11,19-21H,2,7-10,12-15H2,1H3,(H,26,29). The van der Waals surface area contributed by atoms with Crippen molar-refractivity contribution in [2.45, 2.75) is 19.9 Å². The Labute approximate surface area is 187 Å². The Hall–Kier alpha value is -1.96. The van der Waals surface area contributed by atoms with Crippen LogP contribution in [-0.4, -0.2) is 56.7 Å². The lowest BCUT2D eigenvalue weighted by Crippen LogP contribution is -2.36. The molecule has 7 heteroatoms. The molecule has 2 unspecified atom stereocenters. The number of morpholine rings is 1. The van der Waals surface area contributed by atoms with Crippen molar-refractivity contribution in [2.24, 2.45) is 17.8 Å². The molecule has 166 valence electrons. The molecule has 5 rings (SSSR count). The number of benzene rings is 1. The molecule has 3 aliphatic rings. The Morgan fingerprint density at radius 2 is 1.90 bits per heavy atom. The fourth-order valence-corrected chi connectivity index (χ4v) is 6.11. The fourth-order valence-electron chi connectivity index (χ4n) is 5.11. The number of fused-ring (bicyclic) bond motifs is 1. The molecule has 1 saturated carbocycles. The third-order valence-corrected chi connectivity index (χ3v) is 8.17. The van der Waals surface area contributed by atoms with Crippen molar-refractivity contribution in [1.82, 2.24) is 10.2 Å². The van der Waals surface area contributed by atoms with Crippen molar-refractivity contribution in [3.05, 3.63) is 51.5 Å². The maximum atomic E-state index is 14.6. The predicted molar refractivity (Wildman–Crippen MR) is 121 cm³/mol. The highest BCUT2D eigenvalue weighted by atomic mass is 32.1. The maximum Gasteiger partial charge on any atom is 0.251 e. The first-order valence-electron chi connectivity index (χ1n) is 11.3. The number of nitrogens with one attached hydrogen (secondary N) is 1. The van der Waals surface area contributed by atoms with Crippen LogP contribution >= 0.6 is 11.3 Å². The second-order valence-electron chi connectivity index (χ2n) is 8.88. The first-order valence-corrected chi connectivity index (χ1v) is 12.1. The highest BCUT2D eigenvalue weighted by Gasteiger charge is 2.55. The number of carbonyl (C=O) groups excluding carboxylic acids is 1. The van der Waals surface area contributed by atoms with Gasteiger partial charge in [-0.2, -0.15) is 0 Å². The minimum Gasteiger partial charge on any atom is -0.378 e. The number of rotatable bonds is 7. The van der Waals surface area contributed by atoms with E-state index in [1.807, 2.05) is 16.2 Å². The Morgan fingerprint density at radius 1 is 1.16 bits per heavy atom. The van der Waals surface area contributed by atoms with E-state index in [0.717, 1.165) is 26.1 Å². The number of hydrogen-bond donors (Lipinski definition) is 1. The largest absolute Gasteiger partial charge is 0.378 e. The monoisotopic (exact) mass is 443 g/mol. The number of ether oxygens (including phenoxy) is 1. The molecule has 2 aliphatic heterocycles. The average Bonchev–Trinajstić information content (AvgIpc) is 3.12. The molecular weight excluding hydrogens is 413 g/mol. The van der Waals surface area contributed by atoms with E-state index in [1.165, 1.54) is 15.8 Å². The SMILES string of the molecule is CCc1ccc(CN2CC3C(CNC(=O)c4ccc(N5CCOCC5)c(F)c4)C3C2)s1. The van der Waals surface area contributed by atoms with Crippen LogP contribution < -0.4 is 10.2 Å². The number of thiophene rings is 1.